The van der Waals surface area contributed by atoms with Crippen LogP contribution in [-0.4, -0.2) is 34.1 Å². The Balaban J connectivity index is 2.20. The molecule has 0 aromatic carbocycles. The van der Waals surface area contributed by atoms with Gasteiger partial charge in [0.05, 0.1) is 5.92 Å². The van der Waals surface area contributed by atoms with Gasteiger partial charge in [0, 0.05) is 24.8 Å². The highest BCUT2D eigenvalue weighted by Gasteiger charge is 2.26. The van der Waals surface area contributed by atoms with E-state index in [2.05, 4.69) is 9.97 Å². The summed E-state index contributed by atoms with van der Waals surface area (Å²) in [5.41, 5.74) is 0.588. The Hall–Kier alpha value is -1.85. The van der Waals surface area contributed by atoms with E-state index >= 15 is 0 Å². The predicted octanol–water partition coefficient (Wildman–Crippen LogP) is 1.02. The third-order valence-corrected chi connectivity index (χ3v) is 3.36. The summed E-state index contributed by atoms with van der Waals surface area (Å²) >= 11 is 0. The van der Waals surface area contributed by atoms with Crippen molar-refractivity contribution in [1.82, 2.24) is 9.97 Å². The molecule has 0 spiro atoms. The molecule has 0 aliphatic carbocycles. The lowest BCUT2D eigenvalue weighted by molar-refractivity contribution is -0.141. The molecule has 104 valence electrons. The second-order valence-electron chi connectivity index (χ2n) is 4.93. The van der Waals surface area contributed by atoms with E-state index in [0.717, 1.165) is 31.5 Å². The van der Waals surface area contributed by atoms with Crippen molar-refractivity contribution < 1.29 is 9.90 Å². The summed E-state index contributed by atoms with van der Waals surface area (Å²) in [6, 6.07) is 1.51. The van der Waals surface area contributed by atoms with Crippen LogP contribution in [0.3, 0.4) is 0 Å². The molecule has 1 aromatic rings. The van der Waals surface area contributed by atoms with Gasteiger partial charge >= 0.3 is 5.97 Å². The van der Waals surface area contributed by atoms with Gasteiger partial charge in [-0.2, -0.15) is 0 Å². The summed E-state index contributed by atoms with van der Waals surface area (Å²) in [6.07, 6.45) is 3.17. The standard InChI is InChI=1S/C13H19N3O3/c1-2-4-10-7-11(17)15-13(14-10)16-6-3-5-9(8-16)12(18)19/h7,9H,2-6,8H2,1H3,(H,18,19)(H,14,15,17). The lowest BCUT2D eigenvalue weighted by Crippen LogP contribution is -2.40. The third-order valence-electron chi connectivity index (χ3n) is 3.36. The predicted molar refractivity (Wildman–Crippen MR) is 71.4 cm³/mol. The van der Waals surface area contributed by atoms with Crippen LogP contribution in [0.5, 0.6) is 0 Å². The molecule has 1 aliphatic rings. The van der Waals surface area contributed by atoms with E-state index in [9.17, 15) is 9.59 Å². The van der Waals surface area contributed by atoms with Crippen molar-refractivity contribution in [1.29, 1.82) is 0 Å². The van der Waals surface area contributed by atoms with Crippen LogP contribution in [0.2, 0.25) is 0 Å². The molecule has 1 atom stereocenters. The fourth-order valence-corrected chi connectivity index (χ4v) is 2.40. The number of aryl methyl sites for hydroxylation is 1. The fourth-order valence-electron chi connectivity index (χ4n) is 2.40. The number of nitrogens with zero attached hydrogens (tertiary/aromatic N) is 2. The maximum Gasteiger partial charge on any atom is 0.308 e. The second-order valence-corrected chi connectivity index (χ2v) is 4.93. The van der Waals surface area contributed by atoms with Crippen molar-refractivity contribution >= 4 is 11.9 Å². The van der Waals surface area contributed by atoms with E-state index in [1.807, 2.05) is 11.8 Å². The first-order valence-electron chi connectivity index (χ1n) is 6.68. The van der Waals surface area contributed by atoms with E-state index in [-0.39, 0.29) is 11.5 Å². The number of H-pyrrole nitrogens is 1. The zero-order chi connectivity index (χ0) is 13.8. The number of hydrogen-bond donors (Lipinski definition) is 2. The van der Waals surface area contributed by atoms with E-state index in [0.29, 0.717) is 18.9 Å². The lowest BCUT2D eigenvalue weighted by atomic mass is 9.99. The maximum absolute atomic E-state index is 11.6. The molecule has 0 amide bonds. The first kappa shape index (κ1) is 13.6. The van der Waals surface area contributed by atoms with Crippen LogP contribution in [0.25, 0.3) is 0 Å². The zero-order valence-electron chi connectivity index (χ0n) is 11.1. The number of rotatable bonds is 4. The molecule has 2 N–H and O–H groups in total. The minimum Gasteiger partial charge on any atom is -0.481 e. The topological polar surface area (TPSA) is 86.3 Å². The summed E-state index contributed by atoms with van der Waals surface area (Å²) in [7, 11) is 0. The highest BCUT2D eigenvalue weighted by atomic mass is 16.4. The Labute approximate surface area is 111 Å². The molecule has 1 saturated heterocycles. The second kappa shape index (κ2) is 5.86. The fraction of sp³-hybridized carbons (Fsp3) is 0.615. The molecule has 2 rings (SSSR count). The molecular weight excluding hydrogens is 246 g/mol. The lowest BCUT2D eigenvalue weighted by Gasteiger charge is -2.31. The SMILES string of the molecule is CCCc1cc(=O)[nH]c(N2CCCC(C(=O)O)C2)n1. The Bertz CT molecular complexity index is 512. The quantitative estimate of drug-likeness (QED) is 0.849. The van der Waals surface area contributed by atoms with Gasteiger partial charge in [0.25, 0.3) is 5.56 Å². The number of anilines is 1. The van der Waals surface area contributed by atoms with Crippen molar-refractivity contribution in [3.63, 3.8) is 0 Å². The molecule has 19 heavy (non-hydrogen) atoms. The van der Waals surface area contributed by atoms with Crippen molar-refractivity contribution in [2.45, 2.75) is 32.6 Å². The molecule has 6 heteroatoms. The minimum absolute atomic E-state index is 0.175. The number of carboxylic acid groups (broad SMARTS) is 1. The zero-order valence-corrected chi connectivity index (χ0v) is 11.1. The highest BCUT2D eigenvalue weighted by Crippen LogP contribution is 2.20. The van der Waals surface area contributed by atoms with Crippen molar-refractivity contribution in [2.24, 2.45) is 5.92 Å². The van der Waals surface area contributed by atoms with E-state index in [1.165, 1.54) is 6.07 Å². The minimum atomic E-state index is -0.781. The Morgan fingerprint density at radius 1 is 1.63 bits per heavy atom. The summed E-state index contributed by atoms with van der Waals surface area (Å²) in [5.74, 6) is -0.660. The number of aromatic nitrogens is 2. The third kappa shape index (κ3) is 3.33. The Kier molecular flexibility index (Phi) is 4.19. The Morgan fingerprint density at radius 2 is 2.42 bits per heavy atom. The average Bonchev–Trinajstić information content (AvgIpc) is 2.38. The van der Waals surface area contributed by atoms with Gasteiger partial charge in [0.2, 0.25) is 5.95 Å². The molecule has 0 saturated carbocycles. The van der Waals surface area contributed by atoms with Crippen LogP contribution >= 0.6 is 0 Å². The van der Waals surface area contributed by atoms with Crippen LogP contribution in [-0.2, 0) is 11.2 Å². The monoisotopic (exact) mass is 265 g/mol. The summed E-state index contributed by atoms with van der Waals surface area (Å²) in [4.78, 5) is 31.6. The molecule has 0 radical (unpaired) electrons. The van der Waals surface area contributed by atoms with Crippen molar-refractivity contribution in [2.75, 3.05) is 18.0 Å². The summed E-state index contributed by atoms with van der Waals surface area (Å²) < 4.78 is 0. The van der Waals surface area contributed by atoms with Gasteiger partial charge < -0.3 is 10.0 Å². The Morgan fingerprint density at radius 3 is 3.11 bits per heavy atom. The van der Waals surface area contributed by atoms with Crippen LogP contribution < -0.4 is 10.5 Å². The van der Waals surface area contributed by atoms with E-state index < -0.39 is 5.97 Å². The van der Waals surface area contributed by atoms with Gasteiger partial charge in [-0.25, -0.2) is 4.98 Å². The van der Waals surface area contributed by atoms with E-state index in [4.69, 9.17) is 5.11 Å². The van der Waals surface area contributed by atoms with Gasteiger partial charge in [-0.1, -0.05) is 13.3 Å². The molecule has 1 fully saturated rings. The van der Waals surface area contributed by atoms with Gasteiger partial charge in [0.15, 0.2) is 0 Å². The smallest absolute Gasteiger partial charge is 0.308 e. The molecule has 0 bridgehead atoms. The van der Waals surface area contributed by atoms with Crippen molar-refractivity contribution in [3.8, 4) is 0 Å². The number of carboxylic acids is 1. The molecule has 6 nitrogen and oxygen atoms in total. The number of aromatic amines is 1. The summed E-state index contributed by atoms with van der Waals surface area (Å²) in [5, 5.41) is 9.08. The van der Waals surface area contributed by atoms with Crippen LogP contribution in [0.4, 0.5) is 5.95 Å². The van der Waals surface area contributed by atoms with Crippen LogP contribution in [0.1, 0.15) is 31.9 Å². The number of aliphatic carboxylic acids is 1. The molecular formula is C13H19N3O3. The first-order chi connectivity index (χ1) is 9.10. The van der Waals surface area contributed by atoms with Gasteiger partial charge in [-0.05, 0) is 19.3 Å². The van der Waals surface area contributed by atoms with Gasteiger partial charge in [-0.3, -0.25) is 14.6 Å². The largest absolute Gasteiger partial charge is 0.481 e. The molecule has 1 aromatic heterocycles. The maximum atomic E-state index is 11.6. The first-order valence-corrected chi connectivity index (χ1v) is 6.68. The molecule has 1 unspecified atom stereocenters. The van der Waals surface area contributed by atoms with Crippen LogP contribution in [0, 0.1) is 5.92 Å². The van der Waals surface area contributed by atoms with Crippen LogP contribution in [0.15, 0.2) is 10.9 Å². The van der Waals surface area contributed by atoms with Crippen molar-refractivity contribution in [3.05, 3.63) is 22.1 Å². The number of piperidine rings is 1. The average molecular weight is 265 g/mol. The summed E-state index contributed by atoms with van der Waals surface area (Å²) in [6.45, 7) is 3.18. The van der Waals surface area contributed by atoms with E-state index in [1.54, 1.807) is 0 Å². The number of carbonyl (C=O) groups is 1. The number of nitrogens with one attached hydrogen (secondary N) is 1. The molecule has 1 aliphatic heterocycles. The highest BCUT2D eigenvalue weighted by molar-refractivity contribution is 5.71. The normalized spacial score (nSPS) is 19.4. The van der Waals surface area contributed by atoms with Gasteiger partial charge in [-0.15, -0.1) is 0 Å². The number of hydrogen-bond acceptors (Lipinski definition) is 4. The molecule has 2 heterocycles. The van der Waals surface area contributed by atoms with Gasteiger partial charge in [0.1, 0.15) is 0 Å².